The first-order chi connectivity index (χ1) is 11.9. The Labute approximate surface area is 154 Å². The molecule has 138 valence electrons. The predicted molar refractivity (Wildman–Crippen MR) is 104 cm³/mol. The molecule has 0 amide bonds. The van der Waals surface area contributed by atoms with E-state index >= 15 is 0 Å². The van der Waals surface area contributed by atoms with Crippen LogP contribution in [0.3, 0.4) is 0 Å². The van der Waals surface area contributed by atoms with E-state index in [0.29, 0.717) is 13.2 Å². The number of sulfonamides is 1. The van der Waals surface area contributed by atoms with E-state index in [1.165, 1.54) is 10.5 Å². The van der Waals surface area contributed by atoms with Gasteiger partial charge in [0.25, 0.3) is 0 Å². The summed E-state index contributed by atoms with van der Waals surface area (Å²) in [5.41, 5.74) is 7.01. The molecule has 25 heavy (non-hydrogen) atoms. The van der Waals surface area contributed by atoms with Gasteiger partial charge in [-0.2, -0.15) is 0 Å². The zero-order valence-corrected chi connectivity index (χ0v) is 16.3. The summed E-state index contributed by atoms with van der Waals surface area (Å²) in [6.45, 7) is 4.61. The van der Waals surface area contributed by atoms with E-state index in [1.54, 1.807) is 25.2 Å². The Bertz CT molecular complexity index is 765. The Kier molecular flexibility index (Phi) is 5.68. The minimum atomic E-state index is -3.28. The van der Waals surface area contributed by atoms with Crippen LogP contribution in [0, 0.1) is 11.8 Å². The Morgan fingerprint density at radius 3 is 2.76 bits per heavy atom. The monoisotopic (exact) mass is 382 g/mol. The molecule has 7 heteroatoms. The lowest BCUT2D eigenvalue weighted by Gasteiger charge is -2.37. The lowest BCUT2D eigenvalue weighted by atomic mass is 9.79. The zero-order valence-electron chi connectivity index (χ0n) is 14.6. The van der Waals surface area contributed by atoms with Crippen molar-refractivity contribution in [2.75, 3.05) is 18.9 Å². The number of hydrogen-bond donors (Lipinski definition) is 2. The van der Waals surface area contributed by atoms with Gasteiger partial charge in [0.05, 0.1) is 16.9 Å². The number of anilines is 1. The summed E-state index contributed by atoms with van der Waals surface area (Å²) in [4.78, 5) is 1.17. The van der Waals surface area contributed by atoms with Crippen LogP contribution in [-0.2, 0) is 14.8 Å². The van der Waals surface area contributed by atoms with Gasteiger partial charge in [-0.25, -0.2) is 13.1 Å². The maximum atomic E-state index is 12.3. The number of rotatable bonds is 5. The molecule has 1 aliphatic heterocycles. The van der Waals surface area contributed by atoms with Crippen molar-refractivity contribution >= 4 is 31.9 Å². The van der Waals surface area contributed by atoms with Crippen molar-refractivity contribution < 1.29 is 13.2 Å². The fourth-order valence-corrected chi connectivity index (χ4v) is 5.10. The molecule has 1 aliphatic carbocycles. The van der Waals surface area contributed by atoms with E-state index in [1.807, 2.05) is 12.1 Å². The van der Waals surface area contributed by atoms with E-state index in [2.05, 4.69) is 23.0 Å². The van der Waals surface area contributed by atoms with Crippen molar-refractivity contribution in [2.24, 2.45) is 11.8 Å². The van der Waals surface area contributed by atoms with Gasteiger partial charge in [0.1, 0.15) is 0 Å². The maximum absolute atomic E-state index is 12.3. The Morgan fingerprint density at radius 1 is 1.36 bits per heavy atom. The van der Waals surface area contributed by atoms with Crippen molar-refractivity contribution in [1.82, 2.24) is 4.72 Å². The zero-order chi connectivity index (χ0) is 18.0. The Balaban J connectivity index is 1.70. The van der Waals surface area contributed by atoms with Crippen LogP contribution in [0.1, 0.15) is 31.6 Å². The van der Waals surface area contributed by atoms with Crippen LogP contribution in [-0.4, -0.2) is 32.9 Å². The van der Waals surface area contributed by atoms with Gasteiger partial charge >= 0.3 is 0 Å². The van der Waals surface area contributed by atoms with Crippen molar-refractivity contribution in [3.05, 3.63) is 35.2 Å². The van der Waals surface area contributed by atoms with Crippen molar-refractivity contribution in [2.45, 2.75) is 38.0 Å². The third kappa shape index (κ3) is 4.34. The Morgan fingerprint density at radius 2 is 2.16 bits per heavy atom. The summed E-state index contributed by atoms with van der Waals surface area (Å²) in [6.07, 6.45) is 8.15. The number of thiophene rings is 1. The first-order valence-electron chi connectivity index (χ1n) is 8.70. The van der Waals surface area contributed by atoms with E-state index in [4.69, 9.17) is 10.5 Å². The first kappa shape index (κ1) is 18.6. The van der Waals surface area contributed by atoms with E-state index in [0.717, 1.165) is 17.8 Å². The molecule has 0 aromatic carbocycles. The van der Waals surface area contributed by atoms with Gasteiger partial charge in [-0.05, 0) is 50.3 Å². The lowest BCUT2D eigenvalue weighted by Crippen LogP contribution is -2.49. The van der Waals surface area contributed by atoms with Crippen LogP contribution in [0.2, 0.25) is 0 Å². The normalized spacial score (nSPS) is 27.5. The van der Waals surface area contributed by atoms with Crippen LogP contribution in [0.15, 0.2) is 30.4 Å². The standard InChI is InChI=1S/C18H26N2O3S2/c1-12(2)25(21,22)20-16-9-10-23-11-15(16)13-3-5-14(6-4-13)17-7-8-18(19)24-17/h3,5-8,12-13,15-16,20H,4,9-11,19H2,1-2H3/t13?,15-,16?/m1/s1. The van der Waals surface area contributed by atoms with E-state index < -0.39 is 15.3 Å². The number of nitrogens with one attached hydrogen (secondary N) is 1. The average molecular weight is 383 g/mol. The van der Waals surface area contributed by atoms with Crippen LogP contribution in [0.5, 0.6) is 0 Å². The first-order valence-corrected chi connectivity index (χ1v) is 11.1. The van der Waals surface area contributed by atoms with Gasteiger partial charge in [-0.1, -0.05) is 18.2 Å². The molecular formula is C18H26N2O3S2. The molecule has 1 aromatic heterocycles. The third-order valence-electron chi connectivity index (χ3n) is 4.93. The molecule has 1 saturated heterocycles. The van der Waals surface area contributed by atoms with Crippen molar-refractivity contribution in [1.29, 1.82) is 0 Å². The summed E-state index contributed by atoms with van der Waals surface area (Å²) >= 11 is 1.58. The molecule has 0 radical (unpaired) electrons. The molecule has 0 spiro atoms. The van der Waals surface area contributed by atoms with Gasteiger partial charge in [-0.15, -0.1) is 11.3 Å². The number of ether oxygens (including phenoxy) is 1. The van der Waals surface area contributed by atoms with Gasteiger partial charge in [0.15, 0.2) is 0 Å². The minimum Gasteiger partial charge on any atom is -0.391 e. The summed E-state index contributed by atoms with van der Waals surface area (Å²) in [7, 11) is -3.28. The van der Waals surface area contributed by atoms with Gasteiger partial charge < -0.3 is 10.5 Å². The third-order valence-corrected chi connectivity index (χ3v) is 7.77. The molecule has 3 rings (SSSR count). The van der Waals surface area contributed by atoms with Gasteiger partial charge in [0.2, 0.25) is 10.0 Å². The van der Waals surface area contributed by atoms with E-state index in [-0.39, 0.29) is 17.9 Å². The highest BCUT2D eigenvalue weighted by Gasteiger charge is 2.35. The van der Waals surface area contributed by atoms with Crippen LogP contribution < -0.4 is 10.5 Å². The highest BCUT2D eigenvalue weighted by Crippen LogP contribution is 2.35. The molecule has 1 aromatic rings. The molecule has 3 N–H and O–H groups in total. The minimum absolute atomic E-state index is 0.0665. The Hall–Kier alpha value is -1.15. The molecule has 0 saturated carbocycles. The summed E-state index contributed by atoms with van der Waals surface area (Å²) in [5.74, 6) is 0.436. The lowest BCUT2D eigenvalue weighted by molar-refractivity contribution is 0.0218. The molecule has 1 fully saturated rings. The van der Waals surface area contributed by atoms with Gasteiger partial charge in [-0.3, -0.25) is 0 Å². The maximum Gasteiger partial charge on any atom is 0.214 e. The smallest absolute Gasteiger partial charge is 0.214 e. The molecule has 5 nitrogen and oxygen atoms in total. The fourth-order valence-electron chi connectivity index (χ4n) is 3.32. The van der Waals surface area contributed by atoms with Crippen LogP contribution in [0.4, 0.5) is 5.00 Å². The quantitative estimate of drug-likeness (QED) is 0.820. The summed E-state index contributed by atoms with van der Waals surface area (Å²) in [6, 6.07) is 3.90. The second-order valence-corrected chi connectivity index (χ2v) is 10.3. The topological polar surface area (TPSA) is 81.4 Å². The molecule has 2 aliphatic rings. The average Bonchev–Trinajstić information content (AvgIpc) is 3.01. The number of nitrogen functional groups attached to an aromatic ring is 1. The predicted octanol–water partition coefficient (Wildman–Crippen LogP) is 3.02. The largest absolute Gasteiger partial charge is 0.391 e. The molecule has 3 atom stereocenters. The molecule has 2 unspecified atom stereocenters. The highest BCUT2D eigenvalue weighted by atomic mass is 32.2. The molecule has 0 bridgehead atoms. The molecular weight excluding hydrogens is 356 g/mol. The van der Waals surface area contributed by atoms with Crippen molar-refractivity contribution in [3.8, 4) is 0 Å². The van der Waals surface area contributed by atoms with E-state index in [9.17, 15) is 8.42 Å². The second kappa shape index (κ2) is 7.61. The molecule has 2 heterocycles. The van der Waals surface area contributed by atoms with Crippen molar-refractivity contribution in [3.63, 3.8) is 0 Å². The number of hydrogen-bond acceptors (Lipinski definition) is 5. The number of nitrogens with two attached hydrogens (primary N) is 1. The second-order valence-electron chi connectivity index (χ2n) is 6.97. The summed E-state index contributed by atoms with van der Waals surface area (Å²) < 4.78 is 33.1. The number of allylic oxidation sites excluding steroid dienone is 4. The van der Waals surface area contributed by atoms with Gasteiger partial charge in [0, 0.05) is 23.4 Å². The van der Waals surface area contributed by atoms with Crippen LogP contribution >= 0.6 is 11.3 Å². The fraction of sp³-hybridized carbons (Fsp3) is 0.556. The highest BCUT2D eigenvalue weighted by molar-refractivity contribution is 7.90. The van der Waals surface area contributed by atoms with Crippen LogP contribution in [0.25, 0.3) is 5.57 Å². The summed E-state index contributed by atoms with van der Waals surface area (Å²) in [5, 5.41) is 0.393. The SMILES string of the molecule is CC(C)S(=O)(=O)NC1CCOC[C@@H]1C1C=CC(c2ccc(N)s2)=CC1.